The molecule has 55 heavy (non-hydrogen) atoms. The summed E-state index contributed by atoms with van der Waals surface area (Å²) in [5, 5.41) is 97.4. The van der Waals surface area contributed by atoms with Crippen molar-refractivity contribution in [3.05, 3.63) is 11.6 Å². The maximum atomic E-state index is 12.2. The van der Waals surface area contributed by atoms with Crippen LogP contribution in [0.3, 0.4) is 0 Å². The van der Waals surface area contributed by atoms with Crippen molar-refractivity contribution in [2.45, 2.75) is 192 Å². The van der Waals surface area contributed by atoms with E-state index in [2.05, 4.69) is 54.5 Å². The Morgan fingerprint density at radius 2 is 1.33 bits per heavy atom. The van der Waals surface area contributed by atoms with Gasteiger partial charge in [-0.1, -0.05) is 46.3 Å². The van der Waals surface area contributed by atoms with E-state index < -0.39 is 97.8 Å². The highest BCUT2D eigenvalue weighted by atomic mass is 16.8. The number of ether oxygens (including phenoxy) is 4. The second kappa shape index (κ2) is 15.7. The van der Waals surface area contributed by atoms with Crippen LogP contribution in [0.1, 0.15) is 113 Å². The van der Waals surface area contributed by atoms with E-state index in [1.807, 2.05) is 6.92 Å². The molecule has 13 heteroatoms. The molecule has 6 aliphatic rings. The number of hydrogen-bond donors (Lipinski definition) is 9. The number of allylic oxidation sites excluding steroid dienone is 2. The van der Waals surface area contributed by atoms with Crippen LogP contribution in [-0.4, -0.2) is 138 Å². The van der Waals surface area contributed by atoms with Gasteiger partial charge in [0.05, 0.1) is 31.0 Å². The van der Waals surface area contributed by atoms with Gasteiger partial charge in [-0.15, -0.1) is 0 Å². The SMILES string of the molecule is CC(C)=CCC[C@](C)(O)[C@H]1CC[C@]2(C)[C@@H]1[C@H](O)C[C@@H]1[C@@]3(C)CC[C@H](O[C@@H]4OC(CO)[C@@H](O)[C@@H](O)C4O[C@@H]4OC(CO)[C@@H](O)[C@@H](O)C4O)C(C)(C)[C@@H]3CC[C@]12C. The fourth-order valence-electron chi connectivity index (χ4n) is 13.3. The molecule has 0 aromatic heterocycles. The summed E-state index contributed by atoms with van der Waals surface area (Å²) in [7, 11) is 0. The van der Waals surface area contributed by atoms with Gasteiger partial charge in [-0.25, -0.2) is 0 Å². The lowest BCUT2D eigenvalue weighted by Gasteiger charge is -2.70. The Morgan fingerprint density at radius 1 is 0.727 bits per heavy atom. The van der Waals surface area contributed by atoms with Gasteiger partial charge < -0.3 is 64.9 Å². The van der Waals surface area contributed by atoms with Gasteiger partial charge in [0.2, 0.25) is 0 Å². The molecule has 0 radical (unpaired) electrons. The van der Waals surface area contributed by atoms with Crippen molar-refractivity contribution < 1.29 is 64.9 Å². The van der Waals surface area contributed by atoms with Gasteiger partial charge >= 0.3 is 0 Å². The molecule has 20 atom stereocenters. The molecular weight excluding hydrogens is 712 g/mol. The number of aliphatic hydroxyl groups is 9. The van der Waals surface area contributed by atoms with Crippen LogP contribution in [0, 0.1) is 45.3 Å². The molecule has 6 fully saturated rings. The van der Waals surface area contributed by atoms with E-state index in [1.54, 1.807) is 0 Å². The molecule has 13 nitrogen and oxygen atoms in total. The zero-order valence-corrected chi connectivity index (χ0v) is 34.3. The van der Waals surface area contributed by atoms with Crippen LogP contribution in [-0.2, 0) is 18.9 Å². The zero-order chi connectivity index (χ0) is 40.6. The summed E-state index contributed by atoms with van der Waals surface area (Å²) in [5.74, 6) is 0.445. The monoisotopic (exact) mass is 784 g/mol. The highest BCUT2D eigenvalue weighted by Crippen LogP contribution is 2.76. The first-order valence-corrected chi connectivity index (χ1v) is 20.9. The van der Waals surface area contributed by atoms with Crippen molar-refractivity contribution in [2.75, 3.05) is 13.2 Å². The van der Waals surface area contributed by atoms with Crippen molar-refractivity contribution in [3.63, 3.8) is 0 Å². The largest absolute Gasteiger partial charge is 0.394 e. The second-order valence-electron chi connectivity index (χ2n) is 20.1. The van der Waals surface area contributed by atoms with E-state index in [9.17, 15) is 46.0 Å². The van der Waals surface area contributed by atoms with Gasteiger partial charge in [0.25, 0.3) is 0 Å². The third-order valence-electron chi connectivity index (χ3n) is 16.6. The van der Waals surface area contributed by atoms with Crippen molar-refractivity contribution in [1.29, 1.82) is 0 Å². The van der Waals surface area contributed by atoms with Gasteiger partial charge in [0, 0.05) is 0 Å². The van der Waals surface area contributed by atoms with Crippen molar-refractivity contribution in [2.24, 2.45) is 45.3 Å². The minimum absolute atomic E-state index is 0.00798. The van der Waals surface area contributed by atoms with Gasteiger partial charge in [-0.3, -0.25) is 0 Å². The van der Waals surface area contributed by atoms with Crippen LogP contribution >= 0.6 is 0 Å². The molecule has 2 heterocycles. The molecule has 0 bridgehead atoms. The summed E-state index contributed by atoms with van der Waals surface area (Å²) in [5.41, 5.74) is -0.405. The lowest BCUT2D eigenvalue weighted by atomic mass is 9.35. The highest BCUT2D eigenvalue weighted by Gasteiger charge is 2.71. The lowest BCUT2D eigenvalue weighted by Crippen LogP contribution is -2.68. The summed E-state index contributed by atoms with van der Waals surface area (Å²) in [4.78, 5) is 0. The summed E-state index contributed by atoms with van der Waals surface area (Å²) in [6.07, 6.45) is -6.48. The molecule has 0 aromatic rings. The summed E-state index contributed by atoms with van der Waals surface area (Å²) < 4.78 is 24.4. The fourth-order valence-corrected chi connectivity index (χ4v) is 13.3. The quantitative estimate of drug-likeness (QED) is 0.115. The smallest absolute Gasteiger partial charge is 0.187 e. The second-order valence-corrected chi connectivity index (χ2v) is 20.1. The first-order valence-electron chi connectivity index (χ1n) is 20.9. The molecule has 0 aromatic carbocycles. The van der Waals surface area contributed by atoms with Gasteiger partial charge in [-0.2, -0.15) is 0 Å². The van der Waals surface area contributed by atoms with Gasteiger partial charge in [0.15, 0.2) is 12.6 Å². The Morgan fingerprint density at radius 3 is 1.95 bits per heavy atom. The molecule has 9 N–H and O–H groups in total. The first kappa shape index (κ1) is 43.8. The average Bonchev–Trinajstić information content (AvgIpc) is 3.50. The Labute approximate surface area is 327 Å². The van der Waals surface area contributed by atoms with E-state index in [0.717, 1.165) is 38.5 Å². The molecule has 2 saturated heterocycles. The Balaban J connectivity index is 1.23. The predicted octanol–water partition coefficient (Wildman–Crippen LogP) is 2.15. The molecule has 318 valence electrons. The minimum Gasteiger partial charge on any atom is -0.394 e. The zero-order valence-electron chi connectivity index (χ0n) is 34.3. The molecule has 0 amide bonds. The molecule has 4 unspecified atom stereocenters. The van der Waals surface area contributed by atoms with Crippen molar-refractivity contribution in [1.82, 2.24) is 0 Å². The van der Waals surface area contributed by atoms with Crippen molar-refractivity contribution in [3.8, 4) is 0 Å². The third kappa shape index (κ3) is 7.20. The van der Waals surface area contributed by atoms with Crippen LogP contribution in [0.2, 0.25) is 0 Å². The van der Waals surface area contributed by atoms with E-state index in [4.69, 9.17) is 18.9 Å². The normalized spacial score (nSPS) is 52.0. The molecule has 6 rings (SSSR count). The van der Waals surface area contributed by atoms with Gasteiger partial charge in [0.1, 0.15) is 48.8 Å². The summed E-state index contributed by atoms with van der Waals surface area (Å²) in [6.45, 7) is 16.5. The first-order chi connectivity index (χ1) is 25.6. The van der Waals surface area contributed by atoms with E-state index in [1.165, 1.54) is 5.57 Å². The molecular formula is C42H72O13. The maximum absolute atomic E-state index is 12.2. The van der Waals surface area contributed by atoms with Crippen LogP contribution in [0.5, 0.6) is 0 Å². The Hall–Kier alpha value is -0.780. The molecule has 2 aliphatic heterocycles. The number of aliphatic hydroxyl groups excluding tert-OH is 8. The fraction of sp³-hybridized carbons (Fsp3) is 0.952. The molecule has 4 aliphatic carbocycles. The van der Waals surface area contributed by atoms with Crippen LogP contribution in [0.25, 0.3) is 0 Å². The standard InChI is InChI=1S/C42H72O13/c1-21(2)10-9-14-42(8,51)22-11-16-41(7)29(22)23(45)18-27-39(5)15-13-28(38(3,4)26(39)12-17-40(27,41)6)54-37-35(33(49)31(47)25(20-44)53-37)55-36-34(50)32(48)30(46)24(19-43)52-36/h10,22-37,43-51H,9,11-20H2,1-8H3/t22-,23+,24?,25?,26-,27+,28-,29-,30+,31+,32+,33+,34?,35?,36-,37-,39-,40+,41+,42-/m0/s1. The number of rotatable bonds is 10. The van der Waals surface area contributed by atoms with E-state index in [0.29, 0.717) is 19.3 Å². The third-order valence-corrected chi connectivity index (χ3v) is 16.6. The van der Waals surface area contributed by atoms with Gasteiger partial charge in [-0.05, 0) is 124 Å². The lowest BCUT2D eigenvalue weighted by molar-refractivity contribution is -0.378. The summed E-state index contributed by atoms with van der Waals surface area (Å²) in [6, 6.07) is 0. The Bertz CT molecular complexity index is 1370. The highest BCUT2D eigenvalue weighted by molar-refractivity contribution is 5.20. The topological polar surface area (TPSA) is 219 Å². The van der Waals surface area contributed by atoms with Crippen molar-refractivity contribution >= 4 is 0 Å². The van der Waals surface area contributed by atoms with Crippen LogP contribution < -0.4 is 0 Å². The number of hydrogen-bond acceptors (Lipinski definition) is 13. The van der Waals surface area contributed by atoms with Crippen LogP contribution in [0.15, 0.2) is 11.6 Å². The maximum Gasteiger partial charge on any atom is 0.187 e. The van der Waals surface area contributed by atoms with E-state index in [-0.39, 0.29) is 39.9 Å². The summed E-state index contributed by atoms with van der Waals surface area (Å²) >= 11 is 0. The Kier molecular flexibility index (Phi) is 12.5. The molecule has 0 spiro atoms. The number of fused-ring (bicyclic) bond motifs is 5. The predicted molar refractivity (Wildman–Crippen MR) is 201 cm³/mol. The minimum atomic E-state index is -1.75. The molecule has 4 saturated carbocycles. The average molecular weight is 785 g/mol. The van der Waals surface area contributed by atoms with Crippen LogP contribution in [0.4, 0.5) is 0 Å². The van der Waals surface area contributed by atoms with E-state index >= 15 is 0 Å².